The Morgan fingerprint density at radius 1 is 1.05 bits per heavy atom. The monoisotopic (exact) mass is 357 g/mol. The van der Waals surface area contributed by atoms with Crippen molar-refractivity contribution in [2.45, 2.75) is 19.9 Å². The van der Waals surface area contributed by atoms with Gasteiger partial charge in [-0.1, -0.05) is 51.3 Å². The summed E-state index contributed by atoms with van der Waals surface area (Å²) in [7, 11) is 0. The van der Waals surface area contributed by atoms with E-state index >= 15 is 0 Å². The number of hydrogen-bond donors (Lipinski definition) is 1. The maximum Gasteiger partial charge on any atom is 0.0641 e. The molecule has 1 unspecified atom stereocenters. The molecule has 0 aromatic heterocycles. The molecule has 0 spiro atoms. The summed E-state index contributed by atoms with van der Waals surface area (Å²) in [6.45, 7) is 4.03. The first-order valence-corrected chi connectivity index (χ1v) is 7.50. The van der Waals surface area contributed by atoms with Crippen molar-refractivity contribution >= 4 is 44.8 Å². The van der Waals surface area contributed by atoms with Crippen LogP contribution in [0, 0.1) is 6.92 Å². The van der Waals surface area contributed by atoms with Crippen molar-refractivity contribution in [3.8, 4) is 0 Å². The largest absolute Gasteiger partial charge is 0.377 e. The first kappa shape index (κ1) is 14.7. The minimum absolute atomic E-state index is 0.157. The van der Waals surface area contributed by atoms with Crippen molar-refractivity contribution in [1.82, 2.24) is 0 Å². The van der Waals surface area contributed by atoms with Crippen LogP contribution in [0.2, 0.25) is 10.0 Å². The van der Waals surface area contributed by atoms with E-state index in [9.17, 15) is 0 Å². The van der Waals surface area contributed by atoms with Crippen LogP contribution in [0.1, 0.15) is 24.1 Å². The van der Waals surface area contributed by atoms with Gasteiger partial charge in [0.25, 0.3) is 0 Å². The molecule has 0 aliphatic rings. The SMILES string of the molecule is Cc1cc(Cl)c(NC(C)c2ccc(Br)cc2)cc1Cl. The molecule has 0 aliphatic carbocycles. The first-order chi connectivity index (χ1) is 8.97. The number of nitrogens with one attached hydrogen (secondary N) is 1. The summed E-state index contributed by atoms with van der Waals surface area (Å²) >= 11 is 15.8. The Labute approximate surface area is 132 Å². The van der Waals surface area contributed by atoms with Crippen LogP contribution < -0.4 is 5.32 Å². The Bertz CT molecular complexity index is 581. The van der Waals surface area contributed by atoms with E-state index in [2.05, 4.69) is 40.3 Å². The van der Waals surface area contributed by atoms with Crippen LogP contribution in [0.15, 0.2) is 40.9 Å². The molecule has 0 heterocycles. The highest BCUT2D eigenvalue weighted by atomic mass is 79.9. The van der Waals surface area contributed by atoms with E-state index in [4.69, 9.17) is 23.2 Å². The van der Waals surface area contributed by atoms with Crippen molar-refractivity contribution in [1.29, 1.82) is 0 Å². The van der Waals surface area contributed by atoms with Gasteiger partial charge in [-0.25, -0.2) is 0 Å². The minimum Gasteiger partial charge on any atom is -0.377 e. The van der Waals surface area contributed by atoms with Crippen molar-refractivity contribution < 1.29 is 0 Å². The van der Waals surface area contributed by atoms with E-state index in [1.165, 1.54) is 5.56 Å². The molecule has 0 aliphatic heterocycles. The third-order valence-electron chi connectivity index (χ3n) is 2.99. The normalized spacial score (nSPS) is 12.3. The standard InChI is InChI=1S/C15H14BrCl2N/c1-9-7-14(18)15(8-13(9)17)19-10(2)11-3-5-12(16)6-4-11/h3-8,10,19H,1-2H3. The third-order valence-corrected chi connectivity index (χ3v) is 4.24. The molecule has 0 fully saturated rings. The Morgan fingerprint density at radius 3 is 2.32 bits per heavy atom. The topological polar surface area (TPSA) is 12.0 Å². The molecule has 2 aromatic carbocycles. The lowest BCUT2D eigenvalue weighted by atomic mass is 10.1. The fraction of sp³-hybridized carbons (Fsp3) is 0.200. The van der Waals surface area contributed by atoms with Gasteiger partial charge in [-0.15, -0.1) is 0 Å². The van der Waals surface area contributed by atoms with Crippen molar-refractivity contribution in [2.24, 2.45) is 0 Å². The summed E-state index contributed by atoms with van der Waals surface area (Å²) in [6.07, 6.45) is 0. The van der Waals surface area contributed by atoms with E-state index in [-0.39, 0.29) is 6.04 Å². The van der Waals surface area contributed by atoms with E-state index in [0.29, 0.717) is 5.02 Å². The molecule has 19 heavy (non-hydrogen) atoms. The number of aryl methyl sites for hydroxylation is 1. The lowest BCUT2D eigenvalue weighted by molar-refractivity contribution is 0.884. The van der Waals surface area contributed by atoms with E-state index in [1.807, 2.05) is 31.2 Å². The van der Waals surface area contributed by atoms with Crippen LogP contribution in [0.4, 0.5) is 5.69 Å². The molecular formula is C15H14BrCl2N. The fourth-order valence-electron chi connectivity index (χ4n) is 1.82. The molecule has 2 rings (SSSR count). The summed E-state index contributed by atoms with van der Waals surface area (Å²) in [5.74, 6) is 0. The van der Waals surface area contributed by atoms with Gasteiger partial charge in [-0.3, -0.25) is 0 Å². The lowest BCUT2D eigenvalue weighted by Crippen LogP contribution is -2.07. The minimum atomic E-state index is 0.157. The second kappa shape index (κ2) is 6.17. The molecular weight excluding hydrogens is 345 g/mol. The zero-order chi connectivity index (χ0) is 14.0. The van der Waals surface area contributed by atoms with Crippen LogP contribution in [-0.4, -0.2) is 0 Å². The van der Waals surface area contributed by atoms with Gasteiger partial charge in [0.2, 0.25) is 0 Å². The van der Waals surface area contributed by atoms with Gasteiger partial charge in [-0.05, 0) is 49.2 Å². The van der Waals surface area contributed by atoms with Crippen molar-refractivity contribution in [2.75, 3.05) is 5.32 Å². The number of benzene rings is 2. The molecule has 0 saturated carbocycles. The van der Waals surface area contributed by atoms with Crippen LogP contribution in [0.25, 0.3) is 0 Å². The van der Waals surface area contributed by atoms with Crippen molar-refractivity contribution in [3.63, 3.8) is 0 Å². The summed E-state index contributed by atoms with van der Waals surface area (Å²) in [4.78, 5) is 0. The second-order valence-electron chi connectivity index (χ2n) is 4.50. The van der Waals surface area contributed by atoms with Gasteiger partial charge < -0.3 is 5.32 Å². The van der Waals surface area contributed by atoms with Gasteiger partial charge >= 0.3 is 0 Å². The molecule has 0 amide bonds. The second-order valence-corrected chi connectivity index (χ2v) is 6.23. The zero-order valence-electron chi connectivity index (χ0n) is 10.7. The molecule has 1 nitrogen and oxygen atoms in total. The molecule has 2 aromatic rings. The smallest absolute Gasteiger partial charge is 0.0641 e. The van der Waals surface area contributed by atoms with Crippen LogP contribution in [0.5, 0.6) is 0 Å². The lowest BCUT2D eigenvalue weighted by Gasteiger charge is -2.17. The van der Waals surface area contributed by atoms with Gasteiger partial charge in [0.05, 0.1) is 10.7 Å². The van der Waals surface area contributed by atoms with Crippen LogP contribution in [-0.2, 0) is 0 Å². The van der Waals surface area contributed by atoms with E-state index in [0.717, 1.165) is 20.7 Å². The predicted octanol–water partition coefficient (Wildman–Crippen LogP) is 6.24. The highest BCUT2D eigenvalue weighted by Gasteiger charge is 2.09. The van der Waals surface area contributed by atoms with Gasteiger partial charge in [0.1, 0.15) is 0 Å². The molecule has 0 radical (unpaired) electrons. The average Bonchev–Trinajstić information content (AvgIpc) is 2.36. The third kappa shape index (κ3) is 3.65. The molecule has 0 bridgehead atoms. The average molecular weight is 359 g/mol. The fourth-order valence-corrected chi connectivity index (χ4v) is 2.53. The molecule has 100 valence electrons. The summed E-state index contributed by atoms with van der Waals surface area (Å²) < 4.78 is 1.07. The summed E-state index contributed by atoms with van der Waals surface area (Å²) in [6, 6.07) is 12.1. The Kier molecular flexibility index (Phi) is 4.77. The van der Waals surface area contributed by atoms with E-state index in [1.54, 1.807) is 0 Å². The van der Waals surface area contributed by atoms with Gasteiger partial charge in [0, 0.05) is 15.5 Å². The number of halogens is 3. The molecule has 4 heteroatoms. The number of rotatable bonds is 3. The number of anilines is 1. The molecule has 1 atom stereocenters. The van der Waals surface area contributed by atoms with Crippen molar-refractivity contribution in [3.05, 3.63) is 62.0 Å². The first-order valence-electron chi connectivity index (χ1n) is 5.95. The number of hydrogen-bond acceptors (Lipinski definition) is 1. The maximum atomic E-state index is 6.23. The van der Waals surface area contributed by atoms with Gasteiger partial charge in [-0.2, -0.15) is 0 Å². The Hall–Kier alpha value is -0.700. The quantitative estimate of drug-likeness (QED) is 0.684. The highest BCUT2D eigenvalue weighted by molar-refractivity contribution is 9.10. The maximum absolute atomic E-state index is 6.23. The van der Waals surface area contributed by atoms with Gasteiger partial charge in [0.15, 0.2) is 0 Å². The predicted molar refractivity (Wildman–Crippen MR) is 87.4 cm³/mol. The zero-order valence-corrected chi connectivity index (χ0v) is 13.8. The van der Waals surface area contributed by atoms with Crippen LogP contribution in [0.3, 0.4) is 0 Å². The summed E-state index contributed by atoms with van der Waals surface area (Å²) in [5, 5.41) is 4.79. The Balaban J connectivity index is 2.21. The Morgan fingerprint density at radius 2 is 1.68 bits per heavy atom. The summed E-state index contributed by atoms with van der Waals surface area (Å²) in [5.41, 5.74) is 3.03. The van der Waals surface area contributed by atoms with E-state index < -0.39 is 0 Å². The molecule has 0 saturated heterocycles. The highest BCUT2D eigenvalue weighted by Crippen LogP contribution is 2.31. The molecule has 1 N–H and O–H groups in total. The van der Waals surface area contributed by atoms with Crippen LogP contribution >= 0.6 is 39.1 Å².